The number of fused-ring (bicyclic) bond motifs is 1. The van der Waals surface area contributed by atoms with E-state index in [2.05, 4.69) is 39.5 Å². The molecule has 0 unspecified atom stereocenters. The highest BCUT2D eigenvalue weighted by Crippen LogP contribution is 2.61. The highest BCUT2D eigenvalue weighted by atomic mass is 16.3. The Balaban J connectivity index is 1.91. The largest absolute Gasteiger partial charge is 0.472 e. The molecule has 1 heterocycles. The SMILES string of the molecule is C=C1CC[C@@H]2C(C)(C)CCC[C@]2(C)[C@H]1/C=C/c1ccoc1. The van der Waals surface area contributed by atoms with E-state index in [1.807, 2.05) is 12.3 Å². The van der Waals surface area contributed by atoms with E-state index < -0.39 is 0 Å². The number of allylic oxidation sites excluding steroid dienone is 2. The van der Waals surface area contributed by atoms with Crippen LogP contribution in [-0.2, 0) is 0 Å². The van der Waals surface area contributed by atoms with E-state index in [1.54, 1.807) is 6.26 Å². The van der Waals surface area contributed by atoms with Crippen LogP contribution >= 0.6 is 0 Å². The summed E-state index contributed by atoms with van der Waals surface area (Å²) in [5, 5.41) is 0. The van der Waals surface area contributed by atoms with Crippen molar-refractivity contribution in [2.24, 2.45) is 22.7 Å². The molecule has 3 rings (SSSR count). The normalized spacial score (nSPS) is 35.9. The maximum atomic E-state index is 5.17. The van der Waals surface area contributed by atoms with Gasteiger partial charge in [-0.2, -0.15) is 0 Å². The molecule has 21 heavy (non-hydrogen) atoms. The van der Waals surface area contributed by atoms with Gasteiger partial charge in [0.15, 0.2) is 0 Å². The van der Waals surface area contributed by atoms with Crippen molar-refractivity contribution in [3.63, 3.8) is 0 Å². The van der Waals surface area contributed by atoms with Gasteiger partial charge in [-0.1, -0.05) is 51.5 Å². The zero-order valence-electron chi connectivity index (χ0n) is 13.7. The highest BCUT2D eigenvalue weighted by molar-refractivity contribution is 5.48. The van der Waals surface area contributed by atoms with Gasteiger partial charge in [-0.15, -0.1) is 0 Å². The summed E-state index contributed by atoms with van der Waals surface area (Å²) in [6.45, 7) is 11.9. The van der Waals surface area contributed by atoms with Gasteiger partial charge in [0.2, 0.25) is 0 Å². The maximum absolute atomic E-state index is 5.17. The molecule has 1 heteroatoms. The van der Waals surface area contributed by atoms with Gasteiger partial charge < -0.3 is 4.42 Å². The molecule has 1 aromatic rings. The van der Waals surface area contributed by atoms with Crippen LogP contribution in [0.2, 0.25) is 0 Å². The second-order valence-corrected chi connectivity index (χ2v) is 7.99. The maximum Gasteiger partial charge on any atom is 0.0974 e. The van der Waals surface area contributed by atoms with E-state index >= 15 is 0 Å². The Kier molecular flexibility index (Phi) is 3.63. The number of hydrogen-bond donors (Lipinski definition) is 0. The predicted molar refractivity (Wildman–Crippen MR) is 88.8 cm³/mol. The Morgan fingerprint density at radius 2 is 2.10 bits per heavy atom. The molecule has 2 saturated carbocycles. The summed E-state index contributed by atoms with van der Waals surface area (Å²) in [5.41, 5.74) is 3.42. The van der Waals surface area contributed by atoms with Crippen molar-refractivity contribution in [1.82, 2.24) is 0 Å². The van der Waals surface area contributed by atoms with Crippen molar-refractivity contribution >= 4 is 6.08 Å². The molecule has 0 amide bonds. The van der Waals surface area contributed by atoms with E-state index in [9.17, 15) is 0 Å². The van der Waals surface area contributed by atoms with Crippen LogP contribution in [0.5, 0.6) is 0 Å². The molecule has 3 atom stereocenters. The lowest BCUT2D eigenvalue weighted by Gasteiger charge is -2.57. The smallest absolute Gasteiger partial charge is 0.0974 e. The highest BCUT2D eigenvalue weighted by Gasteiger charge is 2.52. The Bertz CT molecular complexity index is 534. The first-order valence-electron chi connectivity index (χ1n) is 8.31. The van der Waals surface area contributed by atoms with Gasteiger partial charge in [0.1, 0.15) is 0 Å². The summed E-state index contributed by atoms with van der Waals surface area (Å²) in [6.07, 6.45) is 14.7. The minimum Gasteiger partial charge on any atom is -0.472 e. The first-order chi connectivity index (χ1) is 9.93. The first kappa shape index (κ1) is 14.7. The van der Waals surface area contributed by atoms with E-state index in [0.29, 0.717) is 16.7 Å². The van der Waals surface area contributed by atoms with Gasteiger partial charge in [0.25, 0.3) is 0 Å². The molecule has 0 aromatic carbocycles. The fourth-order valence-electron chi connectivity index (χ4n) is 5.14. The van der Waals surface area contributed by atoms with Crippen molar-refractivity contribution < 1.29 is 4.42 Å². The first-order valence-corrected chi connectivity index (χ1v) is 8.31. The molecule has 1 nitrogen and oxygen atoms in total. The monoisotopic (exact) mass is 284 g/mol. The molecule has 2 aliphatic carbocycles. The average Bonchev–Trinajstić information content (AvgIpc) is 2.90. The third kappa shape index (κ3) is 2.52. The summed E-state index contributed by atoms with van der Waals surface area (Å²) in [4.78, 5) is 0. The molecular weight excluding hydrogens is 256 g/mol. The quantitative estimate of drug-likeness (QED) is 0.599. The van der Waals surface area contributed by atoms with Crippen molar-refractivity contribution in [3.8, 4) is 0 Å². The lowest BCUT2D eigenvalue weighted by molar-refractivity contribution is -0.0389. The lowest BCUT2D eigenvalue weighted by Crippen LogP contribution is -2.48. The van der Waals surface area contributed by atoms with Crippen molar-refractivity contribution in [2.45, 2.75) is 52.9 Å². The molecule has 0 bridgehead atoms. The van der Waals surface area contributed by atoms with Crippen LogP contribution in [0.25, 0.3) is 6.08 Å². The lowest BCUT2D eigenvalue weighted by atomic mass is 9.47. The van der Waals surface area contributed by atoms with Crippen LogP contribution in [-0.4, -0.2) is 0 Å². The van der Waals surface area contributed by atoms with Gasteiger partial charge in [-0.3, -0.25) is 0 Å². The van der Waals surface area contributed by atoms with Gasteiger partial charge in [0, 0.05) is 11.5 Å². The molecular formula is C20H28O. The minimum atomic E-state index is 0.372. The Labute approximate surface area is 129 Å². The summed E-state index contributed by atoms with van der Waals surface area (Å²) in [6, 6.07) is 2.02. The zero-order chi connectivity index (χ0) is 15.1. The topological polar surface area (TPSA) is 13.1 Å². The van der Waals surface area contributed by atoms with E-state index in [1.165, 1.54) is 37.7 Å². The summed E-state index contributed by atoms with van der Waals surface area (Å²) >= 11 is 0. The van der Waals surface area contributed by atoms with Crippen molar-refractivity contribution in [1.29, 1.82) is 0 Å². The Morgan fingerprint density at radius 3 is 2.81 bits per heavy atom. The molecule has 0 radical (unpaired) electrons. The second-order valence-electron chi connectivity index (χ2n) is 7.99. The van der Waals surface area contributed by atoms with Crippen LogP contribution < -0.4 is 0 Å². The standard InChI is InChI=1S/C20H28O/c1-15-6-9-18-19(2,3)11-5-12-20(18,4)17(15)8-7-16-10-13-21-14-16/h7-8,10,13-14,17-18H,1,5-6,9,11-12H2,2-4H3/b8-7+/t17-,18+,20+/m0/s1. The molecule has 2 fully saturated rings. The number of hydrogen-bond acceptors (Lipinski definition) is 1. The molecule has 0 spiro atoms. The van der Waals surface area contributed by atoms with Crippen molar-refractivity contribution in [2.75, 3.05) is 0 Å². The van der Waals surface area contributed by atoms with Crippen LogP contribution in [0.3, 0.4) is 0 Å². The average molecular weight is 284 g/mol. The minimum absolute atomic E-state index is 0.372. The molecule has 0 N–H and O–H groups in total. The number of rotatable bonds is 2. The summed E-state index contributed by atoms with van der Waals surface area (Å²) in [7, 11) is 0. The molecule has 0 saturated heterocycles. The molecule has 1 aromatic heterocycles. The fourth-order valence-corrected chi connectivity index (χ4v) is 5.14. The molecule has 2 aliphatic rings. The van der Waals surface area contributed by atoms with Crippen molar-refractivity contribution in [3.05, 3.63) is 42.4 Å². The van der Waals surface area contributed by atoms with Crippen LogP contribution in [0, 0.1) is 22.7 Å². The summed E-state index contributed by atoms with van der Waals surface area (Å²) < 4.78 is 5.17. The second kappa shape index (κ2) is 5.19. The third-order valence-electron chi connectivity index (χ3n) is 6.20. The van der Waals surface area contributed by atoms with Crippen LogP contribution in [0.15, 0.2) is 41.2 Å². The van der Waals surface area contributed by atoms with E-state index in [-0.39, 0.29) is 0 Å². The van der Waals surface area contributed by atoms with Crippen LogP contribution in [0.4, 0.5) is 0 Å². The Morgan fingerprint density at radius 1 is 1.29 bits per heavy atom. The van der Waals surface area contributed by atoms with Gasteiger partial charge in [-0.05, 0) is 48.5 Å². The van der Waals surface area contributed by atoms with Gasteiger partial charge >= 0.3 is 0 Å². The van der Waals surface area contributed by atoms with Crippen LogP contribution in [0.1, 0.15) is 58.4 Å². The van der Waals surface area contributed by atoms with Gasteiger partial charge in [-0.25, -0.2) is 0 Å². The predicted octanol–water partition coefficient (Wildman–Crippen LogP) is 6.09. The zero-order valence-corrected chi connectivity index (χ0v) is 13.7. The Hall–Kier alpha value is -1.24. The molecule has 114 valence electrons. The van der Waals surface area contributed by atoms with Gasteiger partial charge in [0.05, 0.1) is 12.5 Å². The number of furan rings is 1. The van der Waals surface area contributed by atoms with E-state index in [4.69, 9.17) is 4.42 Å². The van der Waals surface area contributed by atoms with E-state index in [0.717, 1.165) is 11.5 Å². The molecule has 0 aliphatic heterocycles. The fraction of sp³-hybridized carbons (Fsp3) is 0.600. The summed E-state index contributed by atoms with van der Waals surface area (Å²) in [5.74, 6) is 1.31. The third-order valence-corrected chi connectivity index (χ3v) is 6.20.